The zero-order valence-corrected chi connectivity index (χ0v) is 71.8. The van der Waals surface area contributed by atoms with Crippen molar-refractivity contribution in [2.75, 3.05) is 57.2 Å². The van der Waals surface area contributed by atoms with E-state index in [9.17, 15) is 0 Å². The molecule has 1 saturated carbocycles. The molecule has 109 heavy (non-hydrogen) atoms. The van der Waals surface area contributed by atoms with E-state index in [0.717, 1.165) is 21.0 Å². The molecule has 0 aromatic heterocycles. The van der Waals surface area contributed by atoms with Gasteiger partial charge >= 0.3 is 0 Å². The van der Waals surface area contributed by atoms with Crippen LogP contribution in [0.25, 0.3) is 10.8 Å². The van der Waals surface area contributed by atoms with Crippen LogP contribution in [0.3, 0.4) is 0 Å². The Balaban J connectivity index is 0.000000154. The van der Waals surface area contributed by atoms with Crippen LogP contribution < -0.4 is 4.74 Å². The molecule has 14 aromatic rings. The molecule has 1 N–H and O–H groups in total. The summed E-state index contributed by atoms with van der Waals surface area (Å²) in [6.07, 6.45) is 25.1. The maximum atomic E-state index is 8.94. The van der Waals surface area contributed by atoms with Crippen molar-refractivity contribution in [1.29, 1.82) is 0 Å². The Kier molecular flexibility index (Phi) is 36.7. The van der Waals surface area contributed by atoms with Crippen molar-refractivity contribution in [2.45, 2.75) is 106 Å². The molecule has 0 radical (unpaired) electrons. The first-order valence-corrected chi connectivity index (χ1v) is 49.7. The molecule has 0 bridgehead atoms. The van der Waals surface area contributed by atoms with Crippen LogP contribution in [-0.2, 0) is 76.3 Å². The Morgan fingerprint density at radius 1 is 0.303 bits per heavy atom. The minimum absolute atomic E-state index is 0.0786. The molecule has 0 heterocycles. The summed E-state index contributed by atoms with van der Waals surface area (Å²) < 4.78 is 5.26. The number of halogens is 2. The first-order chi connectivity index (χ1) is 53.1. The standard InChI is InChI=1S/C24H19S2.C22H17S.C19H15Cl2OS.C13H19S.C8H10OS.C8H11S.C3H9S/c1-4-10-20(11-5-1)25-21-16-18-24(19-17-21)26(22-12-6-2-7-13-22)23-14-8-3-9-15-23;1-3-12-19(13-4-1)23(20-14-5-2-6-15-20)22-17-9-11-18-10-7-8-16-21(18)22;1-22-16-6-12-19(13-7-16)23(17-8-2-14(20)3-9-17)18-10-4-15(21)5-11-18;1-14(12-8-4-2-5-9-12)13-10-6-3-7-11-13;1-10(2)8-5-3-7(9)4-6-8;1-9(2)8-6-4-3-5-7-8;1-4(2)3/h1-19H;1-17H;2-13H,1H3;2,4-5,8-9,13H,3,6-7,10-11H2,1H3;3-6H,1-2H3;3-7H,1-2H3;1-3H3/q4*+1;;2*+1/p+1. The first-order valence-electron chi connectivity index (χ1n) is 36.2. The van der Waals surface area contributed by atoms with Crippen molar-refractivity contribution in [3.05, 3.63) is 386 Å². The van der Waals surface area contributed by atoms with Crippen molar-refractivity contribution in [3.63, 3.8) is 0 Å². The second-order valence-electron chi connectivity index (χ2n) is 25.9. The molecule has 1 aliphatic carbocycles. The Hall–Kier alpha value is -7.68. The average molecular weight is 1630 g/mol. The van der Waals surface area contributed by atoms with Gasteiger partial charge in [-0.25, -0.2) is 0 Å². The summed E-state index contributed by atoms with van der Waals surface area (Å²) in [5.41, 5.74) is 0. The van der Waals surface area contributed by atoms with Gasteiger partial charge in [-0.15, -0.1) is 0 Å². The van der Waals surface area contributed by atoms with Gasteiger partial charge in [0.2, 0.25) is 0 Å². The lowest BCUT2D eigenvalue weighted by Crippen LogP contribution is -2.23. The topological polar surface area (TPSA) is 29.5 Å². The molecule has 2 nitrogen and oxygen atoms in total. The van der Waals surface area contributed by atoms with E-state index in [-0.39, 0.29) is 32.7 Å². The van der Waals surface area contributed by atoms with Crippen LogP contribution in [0.4, 0.5) is 0 Å². The lowest BCUT2D eigenvalue weighted by atomic mass is 10.0. The summed E-state index contributed by atoms with van der Waals surface area (Å²) >= 11 is 13.9. The third-order valence-corrected chi connectivity index (χ3v) is 30.2. The number of methoxy groups -OCH3 is 1. The number of phenolic OH excluding ortho intramolecular Hbond substituents is 1. The third kappa shape index (κ3) is 28.2. The van der Waals surface area contributed by atoms with E-state index < -0.39 is 0 Å². The zero-order valence-electron chi connectivity index (χ0n) is 63.8. The number of ether oxygens (including phenoxy) is 1. The minimum Gasteiger partial charge on any atom is -0.508 e. The second-order valence-corrected chi connectivity index (χ2v) is 42.9. The van der Waals surface area contributed by atoms with Crippen molar-refractivity contribution < 1.29 is 9.84 Å². The highest BCUT2D eigenvalue weighted by Gasteiger charge is 2.33. The first kappa shape index (κ1) is 85.3. The molecule has 15 rings (SSSR count). The number of aromatic hydroxyl groups is 1. The van der Waals surface area contributed by atoms with Crippen LogP contribution in [0, 0.1) is 0 Å². The molecule has 14 aromatic carbocycles. The third-order valence-electron chi connectivity index (χ3n) is 17.0. The van der Waals surface area contributed by atoms with Crippen LogP contribution in [0.5, 0.6) is 11.5 Å². The molecule has 1 aliphatic rings. The maximum absolute atomic E-state index is 8.94. The molecule has 12 heteroatoms. The van der Waals surface area contributed by atoms with E-state index in [1.165, 1.54) is 107 Å². The normalized spacial score (nSPS) is 11.9. The van der Waals surface area contributed by atoms with Gasteiger partial charge in [0, 0.05) is 57.9 Å². The summed E-state index contributed by atoms with van der Waals surface area (Å²) in [7, 11) is 3.13. The van der Waals surface area contributed by atoms with Gasteiger partial charge in [-0.2, -0.15) is 0 Å². The number of phenols is 1. The predicted molar refractivity (Wildman–Crippen MR) is 489 cm³/mol. The fraction of sp³-hybridized carbons (Fsp3) is 0.155. The monoisotopic (exact) mass is 1620 g/mol. The average Bonchev–Trinajstić information content (AvgIpc) is 0.797. The summed E-state index contributed by atoms with van der Waals surface area (Å²) in [6, 6.07) is 131. The van der Waals surface area contributed by atoms with Gasteiger partial charge in [0.05, 0.1) is 58.6 Å². The van der Waals surface area contributed by atoms with Crippen molar-refractivity contribution in [2.24, 2.45) is 0 Å². The van der Waals surface area contributed by atoms with E-state index in [4.69, 9.17) is 33.0 Å². The Bertz CT molecular complexity index is 4650. The molecule has 556 valence electrons. The fourth-order valence-corrected chi connectivity index (χ4v) is 22.5. The number of hydrogen-bond donors (Lipinski definition) is 1. The van der Waals surface area contributed by atoms with Crippen LogP contribution in [0.1, 0.15) is 32.1 Å². The van der Waals surface area contributed by atoms with Crippen LogP contribution in [-0.4, -0.2) is 67.5 Å². The van der Waals surface area contributed by atoms with Crippen molar-refractivity contribution in [1.82, 2.24) is 0 Å². The number of fused-ring (bicyclic) bond motifs is 1. The SMILES string of the molecule is COc1ccc([S+](c2ccc(Cl)cc2)c2ccc(Cl)cc2)cc1.C[S+](C)C.C[S+](C)c1ccc(O)cc1.C[S+](C)c1ccccc1.C[S+](c1ccccc1)C1CCCCC1.c1ccc(Sc2ccc([S+](c3ccccc3)c3ccccc3)cc2)cc1.c1ccc([S+](c2ccccc2)c2cccc3ccccc23)cc1. The number of rotatable bonds is 16. The number of benzene rings is 14. The van der Waals surface area contributed by atoms with Crippen molar-refractivity contribution in [3.8, 4) is 11.5 Å². The molecule has 1 atom stereocenters. The smallest absolute Gasteiger partial charge is 0.174 e. The molecule has 1 unspecified atom stereocenters. The van der Waals surface area contributed by atoms with Crippen LogP contribution in [0.15, 0.2) is 445 Å². The van der Waals surface area contributed by atoms with Gasteiger partial charge in [-0.1, -0.05) is 199 Å². The quantitative estimate of drug-likeness (QED) is 0.0978. The fourth-order valence-electron chi connectivity index (χ4n) is 11.6. The molecule has 0 spiro atoms. The van der Waals surface area contributed by atoms with Gasteiger partial charge in [-0.05, 0) is 260 Å². The Labute approximate surface area is 686 Å². The lowest BCUT2D eigenvalue weighted by molar-refractivity contribution is 0.414. The molecular weight excluding hydrogens is 1520 g/mol. The van der Waals surface area contributed by atoms with E-state index in [0.29, 0.717) is 49.3 Å². The van der Waals surface area contributed by atoms with Crippen molar-refractivity contribution >= 4 is 122 Å². The highest BCUT2D eigenvalue weighted by atomic mass is 35.5. The Morgan fingerprint density at radius 2 is 0.606 bits per heavy atom. The summed E-state index contributed by atoms with van der Waals surface area (Å²) in [6.45, 7) is 0. The summed E-state index contributed by atoms with van der Waals surface area (Å²) in [4.78, 5) is 18.6. The van der Waals surface area contributed by atoms with E-state index in [1.807, 2.05) is 48.5 Å². The zero-order chi connectivity index (χ0) is 77.0. The van der Waals surface area contributed by atoms with E-state index in [2.05, 4.69) is 365 Å². The molecule has 0 aliphatic heterocycles. The maximum Gasteiger partial charge on any atom is 0.174 e. The molecule has 1 fully saturated rings. The largest absolute Gasteiger partial charge is 0.508 e. The molecule has 0 amide bonds. The minimum atomic E-state index is -0.214. The second kappa shape index (κ2) is 46.9. The summed E-state index contributed by atoms with van der Waals surface area (Å²) in [5, 5.41) is 14.0. The van der Waals surface area contributed by atoms with Gasteiger partial charge in [0.25, 0.3) is 0 Å². The van der Waals surface area contributed by atoms with Gasteiger partial charge < -0.3 is 9.84 Å². The van der Waals surface area contributed by atoms with E-state index in [1.54, 1.807) is 35.9 Å². The Morgan fingerprint density at radius 3 is 1.00 bits per heavy atom. The highest BCUT2D eigenvalue weighted by Crippen LogP contribution is 2.38. The lowest BCUT2D eigenvalue weighted by Gasteiger charge is -2.20. The number of hydrogen-bond acceptors (Lipinski definition) is 3. The van der Waals surface area contributed by atoms with E-state index >= 15 is 0 Å². The van der Waals surface area contributed by atoms with Gasteiger partial charge in [0.1, 0.15) is 48.0 Å². The summed E-state index contributed by atoms with van der Waals surface area (Å²) in [5.74, 6) is 1.19. The van der Waals surface area contributed by atoms with Crippen LogP contribution >= 0.6 is 35.0 Å². The highest BCUT2D eigenvalue weighted by molar-refractivity contribution is 7.99. The van der Waals surface area contributed by atoms with Gasteiger partial charge in [-0.3, -0.25) is 0 Å². The predicted octanol–water partition coefficient (Wildman–Crippen LogP) is 26.6. The molecular formula is C97H101Cl2O2S8+7. The van der Waals surface area contributed by atoms with Crippen LogP contribution in [0.2, 0.25) is 10.0 Å². The molecule has 0 saturated heterocycles. The van der Waals surface area contributed by atoms with Gasteiger partial charge in [0.15, 0.2) is 58.7 Å².